The summed E-state index contributed by atoms with van der Waals surface area (Å²) in [7, 11) is 1.30. The summed E-state index contributed by atoms with van der Waals surface area (Å²) in [6.45, 7) is 0.174. The van der Waals surface area contributed by atoms with Crippen LogP contribution in [0.5, 0.6) is 0 Å². The zero-order valence-electron chi connectivity index (χ0n) is 20.4. The Morgan fingerprint density at radius 1 is 0.974 bits per heavy atom. The highest BCUT2D eigenvalue weighted by atomic mass is 35.5. The van der Waals surface area contributed by atoms with Crippen molar-refractivity contribution in [1.29, 1.82) is 0 Å². The molecule has 4 rings (SSSR count). The van der Waals surface area contributed by atoms with E-state index in [2.05, 4.69) is 10.3 Å². The van der Waals surface area contributed by atoms with Gasteiger partial charge in [-0.15, -0.1) is 0 Å². The first kappa shape index (κ1) is 27.1. The van der Waals surface area contributed by atoms with Crippen LogP contribution in [0.4, 0.5) is 13.2 Å². The largest absolute Gasteiger partial charge is 0.469 e. The molecule has 0 radical (unpaired) electrons. The number of esters is 1. The molecule has 4 aromatic rings. The van der Waals surface area contributed by atoms with E-state index in [1.54, 1.807) is 36.5 Å². The first-order valence-corrected chi connectivity index (χ1v) is 12.2. The first-order chi connectivity index (χ1) is 18.2. The number of nitrogens with one attached hydrogen (secondary N) is 1. The van der Waals surface area contributed by atoms with Gasteiger partial charge in [-0.1, -0.05) is 54.1 Å². The molecule has 9 heteroatoms. The molecule has 1 aromatic heterocycles. The van der Waals surface area contributed by atoms with E-state index in [0.29, 0.717) is 28.3 Å². The Bertz CT molecular complexity index is 1470. The Kier molecular flexibility index (Phi) is 8.32. The van der Waals surface area contributed by atoms with Crippen LogP contribution in [-0.2, 0) is 35.0 Å². The van der Waals surface area contributed by atoms with Crippen molar-refractivity contribution in [2.75, 3.05) is 13.7 Å². The predicted octanol–water partition coefficient (Wildman–Crippen LogP) is 6.19. The standard InChI is InChI=1S/C29H24ClF3N2O3/c1-38-27(36)16-20-17-35-26(23-5-3-2-4-22(20)23)15-19-8-11-24(25(14-19)29(31,32)33)28(37)34-13-12-18-6-9-21(30)10-7-18/h2-11,14,17H,12-13,15-16H2,1H3,(H,34,37). The third-order valence-corrected chi connectivity index (χ3v) is 6.39. The van der Waals surface area contributed by atoms with Gasteiger partial charge in [0.1, 0.15) is 0 Å². The van der Waals surface area contributed by atoms with Gasteiger partial charge in [-0.25, -0.2) is 0 Å². The molecule has 0 bridgehead atoms. The SMILES string of the molecule is COC(=O)Cc1cnc(Cc2ccc(C(=O)NCCc3ccc(Cl)cc3)c(C(F)(F)F)c2)c2ccccc12. The molecule has 0 saturated heterocycles. The van der Waals surface area contributed by atoms with Crippen molar-refractivity contribution in [1.82, 2.24) is 10.3 Å². The van der Waals surface area contributed by atoms with Crippen molar-refractivity contribution in [3.8, 4) is 0 Å². The van der Waals surface area contributed by atoms with Gasteiger partial charge in [-0.05, 0) is 52.8 Å². The maximum atomic E-state index is 14.0. The lowest BCUT2D eigenvalue weighted by atomic mass is 9.96. The van der Waals surface area contributed by atoms with Gasteiger partial charge in [0.2, 0.25) is 0 Å². The van der Waals surface area contributed by atoms with Crippen LogP contribution >= 0.6 is 11.6 Å². The maximum Gasteiger partial charge on any atom is 0.417 e. The average Bonchev–Trinajstić information content (AvgIpc) is 2.90. The molecule has 0 spiro atoms. The van der Waals surface area contributed by atoms with Gasteiger partial charge in [0, 0.05) is 29.6 Å². The summed E-state index contributed by atoms with van der Waals surface area (Å²) in [5, 5.41) is 4.65. The summed E-state index contributed by atoms with van der Waals surface area (Å²) < 4.78 is 46.6. The highest BCUT2D eigenvalue weighted by molar-refractivity contribution is 6.30. The lowest BCUT2D eigenvalue weighted by Gasteiger charge is -2.15. The third-order valence-electron chi connectivity index (χ3n) is 6.14. The normalized spacial score (nSPS) is 11.4. The van der Waals surface area contributed by atoms with Crippen molar-refractivity contribution in [2.45, 2.75) is 25.4 Å². The number of ether oxygens (including phenoxy) is 1. The van der Waals surface area contributed by atoms with E-state index in [9.17, 15) is 22.8 Å². The number of fused-ring (bicyclic) bond motifs is 1. The van der Waals surface area contributed by atoms with Gasteiger partial charge in [-0.2, -0.15) is 13.2 Å². The van der Waals surface area contributed by atoms with E-state index < -0.39 is 29.2 Å². The minimum atomic E-state index is -4.72. The van der Waals surface area contributed by atoms with Gasteiger partial charge in [0.05, 0.1) is 30.4 Å². The lowest BCUT2D eigenvalue weighted by Crippen LogP contribution is -2.28. The van der Waals surface area contributed by atoms with E-state index >= 15 is 0 Å². The number of amides is 1. The molecule has 38 heavy (non-hydrogen) atoms. The van der Waals surface area contributed by atoms with Crippen LogP contribution in [0.3, 0.4) is 0 Å². The van der Waals surface area contributed by atoms with Gasteiger partial charge >= 0.3 is 12.1 Å². The number of benzene rings is 3. The molecular weight excluding hydrogens is 517 g/mol. The van der Waals surface area contributed by atoms with Crippen LogP contribution in [0.15, 0.2) is 72.9 Å². The zero-order valence-corrected chi connectivity index (χ0v) is 21.2. The highest BCUT2D eigenvalue weighted by Crippen LogP contribution is 2.34. The minimum Gasteiger partial charge on any atom is -0.469 e. The van der Waals surface area contributed by atoms with Crippen LogP contribution < -0.4 is 5.32 Å². The zero-order chi connectivity index (χ0) is 27.3. The van der Waals surface area contributed by atoms with Crippen LogP contribution in [-0.4, -0.2) is 30.5 Å². The van der Waals surface area contributed by atoms with Crippen LogP contribution in [0.25, 0.3) is 10.8 Å². The fourth-order valence-corrected chi connectivity index (χ4v) is 4.34. The fraction of sp³-hybridized carbons (Fsp3) is 0.207. The van der Waals surface area contributed by atoms with Crippen molar-refractivity contribution in [3.63, 3.8) is 0 Å². The number of aromatic nitrogens is 1. The molecule has 0 aliphatic rings. The Hall–Kier alpha value is -3.91. The van der Waals surface area contributed by atoms with E-state index in [1.165, 1.54) is 19.2 Å². The molecule has 0 unspecified atom stereocenters. The number of carbonyl (C=O) groups excluding carboxylic acids is 2. The topological polar surface area (TPSA) is 68.3 Å². The summed E-state index contributed by atoms with van der Waals surface area (Å²) in [5.41, 5.74) is 1.03. The summed E-state index contributed by atoms with van der Waals surface area (Å²) in [6.07, 6.45) is -2.58. The number of pyridine rings is 1. The molecule has 0 aliphatic carbocycles. The Labute approximate surface area is 222 Å². The molecule has 0 atom stereocenters. The number of methoxy groups -OCH3 is 1. The lowest BCUT2D eigenvalue weighted by molar-refractivity contribution is -0.140. The number of hydrogen-bond donors (Lipinski definition) is 1. The summed E-state index contributed by atoms with van der Waals surface area (Å²) in [6, 6.07) is 18.0. The molecule has 3 aromatic carbocycles. The number of halogens is 4. The van der Waals surface area contributed by atoms with Gasteiger partial charge in [0.15, 0.2) is 0 Å². The quantitative estimate of drug-likeness (QED) is 0.271. The third kappa shape index (κ3) is 6.50. The summed E-state index contributed by atoms with van der Waals surface area (Å²) >= 11 is 5.86. The van der Waals surface area contributed by atoms with Crippen molar-refractivity contribution in [2.24, 2.45) is 0 Å². The summed E-state index contributed by atoms with van der Waals surface area (Å²) in [4.78, 5) is 28.9. The first-order valence-electron chi connectivity index (χ1n) is 11.8. The van der Waals surface area contributed by atoms with Crippen molar-refractivity contribution < 1.29 is 27.5 Å². The molecule has 0 saturated carbocycles. The number of rotatable bonds is 8. The molecule has 0 fully saturated rings. The number of alkyl halides is 3. The van der Waals surface area contributed by atoms with Gasteiger partial charge in [0.25, 0.3) is 5.91 Å². The second kappa shape index (κ2) is 11.6. The number of nitrogens with zero attached hydrogens (tertiary/aromatic N) is 1. The second-order valence-electron chi connectivity index (χ2n) is 8.72. The molecular formula is C29H24ClF3N2O3. The van der Waals surface area contributed by atoms with E-state index in [-0.39, 0.29) is 19.4 Å². The van der Waals surface area contributed by atoms with Gasteiger partial charge < -0.3 is 10.1 Å². The molecule has 1 amide bonds. The van der Waals surface area contributed by atoms with Crippen molar-refractivity contribution in [3.05, 3.63) is 111 Å². The van der Waals surface area contributed by atoms with E-state index in [1.807, 2.05) is 18.2 Å². The maximum absolute atomic E-state index is 14.0. The number of carbonyl (C=O) groups is 2. The number of hydrogen-bond acceptors (Lipinski definition) is 4. The Morgan fingerprint density at radius 3 is 2.34 bits per heavy atom. The second-order valence-corrected chi connectivity index (χ2v) is 9.15. The van der Waals surface area contributed by atoms with Crippen LogP contribution in [0.1, 0.15) is 38.3 Å². The molecule has 0 aliphatic heterocycles. The molecule has 5 nitrogen and oxygen atoms in total. The smallest absolute Gasteiger partial charge is 0.417 e. The fourth-order valence-electron chi connectivity index (χ4n) is 4.21. The van der Waals surface area contributed by atoms with E-state index in [0.717, 1.165) is 22.4 Å². The monoisotopic (exact) mass is 540 g/mol. The van der Waals surface area contributed by atoms with Crippen LogP contribution in [0.2, 0.25) is 5.02 Å². The Morgan fingerprint density at radius 2 is 1.66 bits per heavy atom. The minimum absolute atomic E-state index is 0.0321. The van der Waals surface area contributed by atoms with Crippen molar-refractivity contribution >= 4 is 34.2 Å². The Balaban J connectivity index is 1.56. The van der Waals surface area contributed by atoms with E-state index in [4.69, 9.17) is 16.3 Å². The summed E-state index contributed by atoms with van der Waals surface area (Å²) in [5.74, 6) is -1.21. The highest BCUT2D eigenvalue weighted by Gasteiger charge is 2.35. The molecule has 196 valence electrons. The average molecular weight is 541 g/mol. The predicted molar refractivity (Wildman–Crippen MR) is 139 cm³/mol. The van der Waals surface area contributed by atoms with Crippen LogP contribution in [0, 0.1) is 0 Å². The molecule has 1 heterocycles. The molecule has 1 N–H and O–H groups in total. The van der Waals surface area contributed by atoms with Gasteiger partial charge in [-0.3, -0.25) is 14.6 Å².